The lowest BCUT2D eigenvalue weighted by Gasteiger charge is -2.17. The monoisotopic (exact) mass is 489 g/mol. The average Bonchev–Trinajstić information content (AvgIpc) is 3.66. The van der Waals surface area contributed by atoms with E-state index in [0.717, 1.165) is 12.0 Å². The Balaban J connectivity index is 1.52. The van der Waals surface area contributed by atoms with Crippen molar-refractivity contribution in [2.45, 2.75) is 31.7 Å². The standard InChI is InChI=1S/C26H27N5O3S/c1-2-20(15-32)28-25(33)23-22(19-8-13-35-16-19)29-24-21(4-3-11-31(23)24)26(34)30-12-7-18(14-30)17-5-9-27-10-6-17/h3-6,8-11,13,16,18,20,32H,2,7,12,14-15H2,1H3,(H,28,33)/t18?,20-/m0/s1. The second-order valence-corrected chi connectivity index (χ2v) is 9.50. The Hall–Kier alpha value is -3.56. The first-order chi connectivity index (χ1) is 17.1. The summed E-state index contributed by atoms with van der Waals surface area (Å²) >= 11 is 1.52. The van der Waals surface area contributed by atoms with Crippen LogP contribution in [0.1, 0.15) is 52.1 Å². The number of aliphatic hydroxyl groups is 1. The van der Waals surface area contributed by atoms with Crippen molar-refractivity contribution >= 4 is 28.8 Å². The molecule has 2 N–H and O–H groups in total. The molecule has 180 valence electrons. The van der Waals surface area contributed by atoms with E-state index in [2.05, 4.69) is 10.3 Å². The summed E-state index contributed by atoms with van der Waals surface area (Å²) in [5, 5.41) is 16.3. The number of rotatable bonds is 7. The zero-order chi connectivity index (χ0) is 24.4. The van der Waals surface area contributed by atoms with Crippen LogP contribution in [-0.4, -0.2) is 61.9 Å². The van der Waals surface area contributed by atoms with Crippen molar-refractivity contribution in [2.75, 3.05) is 19.7 Å². The second kappa shape index (κ2) is 9.97. The number of likely N-dealkylation sites (tertiary alicyclic amines) is 1. The molecule has 1 aliphatic heterocycles. The molecule has 0 spiro atoms. The Bertz CT molecular complexity index is 1330. The van der Waals surface area contributed by atoms with Crippen LogP contribution in [0.25, 0.3) is 16.9 Å². The lowest BCUT2D eigenvalue weighted by molar-refractivity contribution is 0.0791. The SMILES string of the molecule is CC[C@@H](CO)NC(=O)c1c(-c2ccsc2)nc2c(C(=O)N3CCC(c4ccncc4)C3)cccn12. The Labute approximate surface area is 207 Å². The van der Waals surface area contributed by atoms with Crippen molar-refractivity contribution in [3.05, 3.63) is 76.5 Å². The molecule has 1 saturated heterocycles. The zero-order valence-corrected chi connectivity index (χ0v) is 20.2. The lowest BCUT2D eigenvalue weighted by Crippen LogP contribution is -2.37. The molecule has 1 unspecified atom stereocenters. The Morgan fingerprint density at radius 3 is 2.80 bits per heavy atom. The van der Waals surface area contributed by atoms with E-state index in [1.807, 2.05) is 40.8 Å². The van der Waals surface area contributed by atoms with Crippen molar-refractivity contribution in [1.29, 1.82) is 0 Å². The molecule has 0 bridgehead atoms. The fraction of sp³-hybridized carbons (Fsp3) is 0.308. The van der Waals surface area contributed by atoms with Crippen molar-refractivity contribution < 1.29 is 14.7 Å². The number of carbonyl (C=O) groups is 2. The second-order valence-electron chi connectivity index (χ2n) is 8.72. The van der Waals surface area contributed by atoms with Gasteiger partial charge in [-0.3, -0.25) is 19.0 Å². The van der Waals surface area contributed by atoms with E-state index in [0.29, 0.717) is 42.1 Å². The van der Waals surface area contributed by atoms with Crippen LogP contribution in [0.4, 0.5) is 0 Å². The van der Waals surface area contributed by atoms with Gasteiger partial charge in [0, 0.05) is 48.5 Å². The minimum atomic E-state index is -0.358. The number of aromatic nitrogens is 3. The van der Waals surface area contributed by atoms with Crippen molar-refractivity contribution in [3.63, 3.8) is 0 Å². The molecule has 2 atom stereocenters. The molecule has 0 radical (unpaired) electrons. The Morgan fingerprint density at radius 1 is 1.26 bits per heavy atom. The van der Waals surface area contributed by atoms with E-state index >= 15 is 0 Å². The fourth-order valence-electron chi connectivity index (χ4n) is 4.61. The summed E-state index contributed by atoms with van der Waals surface area (Å²) in [5.74, 6) is -0.153. The summed E-state index contributed by atoms with van der Waals surface area (Å²) in [4.78, 5) is 37.7. The largest absolute Gasteiger partial charge is 0.394 e. The number of nitrogens with one attached hydrogen (secondary N) is 1. The summed E-state index contributed by atoms with van der Waals surface area (Å²) in [6, 6.07) is 9.10. The van der Waals surface area contributed by atoms with E-state index in [1.165, 1.54) is 16.9 Å². The molecule has 35 heavy (non-hydrogen) atoms. The molecule has 9 heteroatoms. The number of aliphatic hydroxyl groups excluding tert-OH is 1. The molecular weight excluding hydrogens is 462 g/mol. The van der Waals surface area contributed by atoms with Crippen LogP contribution >= 0.6 is 11.3 Å². The molecule has 8 nitrogen and oxygen atoms in total. The van der Waals surface area contributed by atoms with Crippen LogP contribution in [0.3, 0.4) is 0 Å². The fourth-order valence-corrected chi connectivity index (χ4v) is 5.25. The highest BCUT2D eigenvalue weighted by Gasteiger charge is 2.31. The van der Waals surface area contributed by atoms with Gasteiger partial charge in [0.25, 0.3) is 11.8 Å². The van der Waals surface area contributed by atoms with Gasteiger partial charge in [0.05, 0.1) is 18.2 Å². The molecule has 0 aromatic carbocycles. The van der Waals surface area contributed by atoms with Gasteiger partial charge in [-0.2, -0.15) is 11.3 Å². The summed E-state index contributed by atoms with van der Waals surface area (Å²) in [6.45, 7) is 3.04. The van der Waals surface area contributed by atoms with E-state index in [1.54, 1.807) is 35.1 Å². The number of hydrogen-bond donors (Lipinski definition) is 2. The van der Waals surface area contributed by atoms with Gasteiger partial charge in [-0.05, 0) is 54.1 Å². The molecule has 0 aliphatic carbocycles. The first kappa shape index (κ1) is 23.2. The van der Waals surface area contributed by atoms with Gasteiger partial charge >= 0.3 is 0 Å². The van der Waals surface area contributed by atoms with Crippen molar-refractivity contribution in [3.8, 4) is 11.3 Å². The molecule has 2 amide bonds. The third-order valence-electron chi connectivity index (χ3n) is 6.59. The predicted octanol–water partition coefficient (Wildman–Crippen LogP) is 3.59. The van der Waals surface area contributed by atoms with Crippen LogP contribution < -0.4 is 5.32 Å². The highest BCUT2D eigenvalue weighted by Crippen LogP contribution is 2.31. The minimum absolute atomic E-state index is 0.0947. The third kappa shape index (κ3) is 4.44. The lowest BCUT2D eigenvalue weighted by atomic mass is 10.00. The molecule has 0 saturated carbocycles. The molecular formula is C26H27N5O3S. The maximum atomic E-state index is 13.6. The number of imidazole rings is 1. The zero-order valence-electron chi connectivity index (χ0n) is 19.4. The molecule has 1 fully saturated rings. The third-order valence-corrected chi connectivity index (χ3v) is 7.27. The Morgan fingerprint density at radius 2 is 2.09 bits per heavy atom. The topological polar surface area (TPSA) is 99.8 Å². The highest BCUT2D eigenvalue weighted by atomic mass is 32.1. The van der Waals surface area contributed by atoms with Crippen LogP contribution in [0.5, 0.6) is 0 Å². The van der Waals surface area contributed by atoms with Gasteiger partial charge in [-0.25, -0.2) is 4.98 Å². The number of carbonyl (C=O) groups excluding carboxylic acids is 2. The van der Waals surface area contributed by atoms with E-state index in [-0.39, 0.29) is 30.4 Å². The summed E-state index contributed by atoms with van der Waals surface area (Å²) in [5.41, 5.74) is 3.80. The van der Waals surface area contributed by atoms with Crippen LogP contribution in [0.2, 0.25) is 0 Å². The van der Waals surface area contributed by atoms with Crippen molar-refractivity contribution in [2.24, 2.45) is 0 Å². The summed E-state index contributed by atoms with van der Waals surface area (Å²) < 4.78 is 1.69. The van der Waals surface area contributed by atoms with Crippen LogP contribution in [0, 0.1) is 0 Å². The van der Waals surface area contributed by atoms with Gasteiger partial charge in [-0.1, -0.05) is 6.92 Å². The number of pyridine rings is 2. The molecule has 1 aliphatic rings. The van der Waals surface area contributed by atoms with Crippen LogP contribution in [0.15, 0.2) is 59.7 Å². The number of fused-ring (bicyclic) bond motifs is 1. The average molecular weight is 490 g/mol. The molecule has 5 heterocycles. The summed E-state index contributed by atoms with van der Waals surface area (Å²) in [7, 11) is 0. The predicted molar refractivity (Wildman–Crippen MR) is 135 cm³/mol. The van der Waals surface area contributed by atoms with Crippen molar-refractivity contribution in [1.82, 2.24) is 24.6 Å². The van der Waals surface area contributed by atoms with Gasteiger partial charge < -0.3 is 15.3 Å². The van der Waals surface area contributed by atoms with E-state index < -0.39 is 0 Å². The van der Waals surface area contributed by atoms with Gasteiger partial charge in [0.1, 0.15) is 11.4 Å². The summed E-state index contributed by atoms with van der Waals surface area (Å²) in [6.07, 6.45) is 6.81. The molecule has 5 rings (SSSR count). The number of amides is 2. The quantitative estimate of drug-likeness (QED) is 0.413. The minimum Gasteiger partial charge on any atom is -0.394 e. The van der Waals surface area contributed by atoms with Gasteiger partial charge in [-0.15, -0.1) is 0 Å². The smallest absolute Gasteiger partial charge is 0.270 e. The molecule has 4 aromatic rings. The highest BCUT2D eigenvalue weighted by molar-refractivity contribution is 7.08. The first-order valence-electron chi connectivity index (χ1n) is 11.7. The molecule has 4 aromatic heterocycles. The van der Waals surface area contributed by atoms with Crippen LogP contribution in [-0.2, 0) is 0 Å². The maximum absolute atomic E-state index is 13.6. The van der Waals surface area contributed by atoms with Gasteiger partial charge in [0.2, 0.25) is 0 Å². The number of thiophene rings is 1. The van der Waals surface area contributed by atoms with E-state index in [4.69, 9.17) is 4.98 Å². The Kier molecular flexibility index (Phi) is 6.61. The maximum Gasteiger partial charge on any atom is 0.270 e. The number of nitrogens with zero attached hydrogens (tertiary/aromatic N) is 4. The van der Waals surface area contributed by atoms with Gasteiger partial charge in [0.15, 0.2) is 5.65 Å². The van der Waals surface area contributed by atoms with E-state index in [9.17, 15) is 14.7 Å². The number of hydrogen-bond acceptors (Lipinski definition) is 6. The normalized spacial score (nSPS) is 16.5. The first-order valence-corrected chi connectivity index (χ1v) is 12.7.